The van der Waals surface area contributed by atoms with Gasteiger partial charge in [-0.1, -0.05) is 29.8 Å². The van der Waals surface area contributed by atoms with Crippen molar-refractivity contribution in [3.8, 4) is 0 Å². The molecule has 0 amide bonds. The Morgan fingerprint density at radius 3 is 2.74 bits per heavy atom. The van der Waals surface area contributed by atoms with Crippen LogP contribution >= 0.6 is 10.6 Å². The van der Waals surface area contributed by atoms with Gasteiger partial charge in [-0.25, -0.2) is 4.98 Å². The van der Waals surface area contributed by atoms with Crippen LogP contribution in [0.5, 0.6) is 0 Å². The van der Waals surface area contributed by atoms with Crippen molar-refractivity contribution in [2.24, 2.45) is 5.73 Å². The van der Waals surface area contributed by atoms with Gasteiger partial charge in [-0.3, -0.25) is 9.11 Å². The number of pyridine rings is 1. The average molecular weight is 439 g/mol. The number of aryl methyl sites for hydroxylation is 1. The van der Waals surface area contributed by atoms with E-state index in [0.29, 0.717) is 23.7 Å². The SMILES string of the molecule is Cc1ccc2nc(N3CCS(O)(O)c4ccccc4C3)cc(NCC3(N)CCC3)c2c1. The average Bonchev–Trinajstić information content (AvgIpc) is 2.87. The van der Waals surface area contributed by atoms with Gasteiger partial charge in [0.1, 0.15) is 5.82 Å². The molecule has 3 aromatic rings. The molecule has 164 valence electrons. The molecular formula is C24H30N4O2S. The minimum absolute atomic E-state index is 0.127. The molecule has 5 N–H and O–H groups in total. The molecule has 0 saturated heterocycles. The number of anilines is 2. The smallest absolute Gasteiger partial charge is 0.131 e. The number of aromatic nitrogens is 1. The van der Waals surface area contributed by atoms with Crippen molar-refractivity contribution in [3.05, 3.63) is 59.7 Å². The summed E-state index contributed by atoms with van der Waals surface area (Å²) in [6.45, 7) is 3.95. The fraction of sp³-hybridized carbons (Fsp3) is 0.375. The monoisotopic (exact) mass is 438 g/mol. The summed E-state index contributed by atoms with van der Waals surface area (Å²) >= 11 is 0. The highest BCUT2D eigenvalue weighted by Crippen LogP contribution is 2.51. The lowest BCUT2D eigenvalue weighted by molar-refractivity contribution is 0.265. The Morgan fingerprint density at radius 1 is 1.16 bits per heavy atom. The van der Waals surface area contributed by atoms with Crippen molar-refractivity contribution in [1.29, 1.82) is 0 Å². The highest BCUT2D eigenvalue weighted by atomic mass is 32.3. The molecule has 0 unspecified atom stereocenters. The Labute approximate surface area is 184 Å². The maximum absolute atomic E-state index is 10.7. The van der Waals surface area contributed by atoms with Crippen LogP contribution in [-0.4, -0.2) is 38.5 Å². The van der Waals surface area contributed by atoms with Gasteiger partial charge in [0.05, 0.1) is 16.2 Å². The molecule has 2 aliphatic rings. The van der Waals surface area contributed by atoms with Gasteiger partial charge in [-0.15, -0.1) is 0 Å². The maximum atomic E-state index is 10.7. The minimum atomic E-state index is -2.80. The highest BCUT2D eigenvalue weighted by Gasteiger charge is 2.32. The number of nitrogens with zero attached hydrogens (tertiary/aromatic N) is 2. The maximum Gasteiger partial charge on any atom is 0.131 e. The number of fused-ring (bicyclic) bond motifs is 2. The van der Waals surface area contributed by atoms with Crippen LogP contribution in [0.15, 0.2) is 53.4 Å². The van der Waals surface area contributed by atoms with Gasteiger partial charge >= 0.3 is 0 Å². The van der Waals surface area contributed by atoms with Crippen LogP contribution in [0.4, 0.5) is 11.5 Å². The van der Waals surface area contributed by atoms with E-state index < -0.39 is 10.6 Å². The van der Waals surface area contributed by atoms with Crippen LogP contribution < -0.4 is 16.0 Å². The summed E-state index contributed by atoms with van der Waals surface area (Å²) in [5.74, 6) is 1.14. The molecule has 0 radical (unpaired) electrons. The first-order chi connectivity index (χ1) is 14.8. The zero-order valence-electron chi connectivity index (χ0n) is 17.8. The van der Waals surface area contributed by atoms with Crippen LogP contribution in [0.1, 0.15) is 30.4 Å². The van der Waals surface area contributed by atoms with Crippen molar-refractivity contribution < 1.29 is 9.11 Å². The van der Waals surface area contributed by atoms with E-state index in [1.807, 2.05) is 24.3 Å². The Kier molecular flexibility index (Phi) is 5.09. The Balaban J connectivity index is 1.53. The third-order valence-corrected chi connectivity index (χ3v) is 8.44. The summed E-state index contributed by atoms with van der Waals surface area (Å²) in [6.07, 6.45) is 3.30. The van der Waals surface area contributed by atoms with Gasteiger partial charge in [-0.2, -0.15) is 10.6 Å². The lowest BCUT2D eigenvalue weighted by Gasteiger charge is -2.38. The molecule has 1 aliphatic carbocycles. The number of hydrogen-bond acceptors (Lipinski definition) is 6. The number of nitrogens with two attached hydrogens (primary N) is 1. The second-order valence-electron chi connectivity index (χ2n) is 9.02. The van der Waals surface area contributed by atoms with E-state index in [1.54, 1.807) is 0 Å². The molecule has 0 spiro atoms. The molecule has 0 atom stereocenters. The molecular weight excluding hydrogens is 408 g/mol. The molecule has 6 nitrogen and oxygen atoms in total. The summed E-state index contributed by atoms with van der Waals surface area (Å²) in [5.41, 5.74) is 10.4. The first-order valence-electron chi connectivity index (χ1n) is 10.9. The first kappa shape index (κ1) is 20.6. The normalized spacial score (nSPS) is 20.5. The van der Waals surface area contributed by atoms with Crippen molar-refractivity contribution >= 4 is 33.0 Å². The first-order valence-corrected chi connectivity index (χ1v) is 12.6. The zero-order valence-corrected chi connectivity index (χ0v) is 18.7. The molecule has 7 heteroatoms. The molecule has 31 heavy (non-hydrogen) atoms. The summed E-state index contributed by atoms with van der Waals surface area (Å²) in [4.78, 5) is 7.74. The van der Waals surface area contributed by atoms with E-state index in [-0.39, 0.29) is 5.54 Å². The van der Waals surface area contributed by atoms with E-state index in [4.69, 9.17) is 10.7 Å². The Morgan fingerprint density at radius 2 is 1.97 bits per heavy atom. The summed E-state index contributed by atoms with van der Waals surface area (Å²) < 4.78 is 21.4. The van der Waals surface area contributed by atoms with Gasteiger partial charge in [-0.05, 0) is 49.9 Å². The molecule has 2 heterocycles. The van der Waals surface area contributed by atoms with E-state index in [1.165, 1.54) is 12.0 Å². The van der Waals surface area contributed by atoms with Gasteiger partial charge < -0.3 is 16.0 Å². The van der Waals surface area contributed by atoms with Crippen molar-refractivity contribution in [2.45, 2.75) is 43.2 Å². The number of hydrogen-bond donors (Lipinski definition) is 4. The van der Waals surface area contributed by atoms with Gasteiger partial charge in [0.25, 0.3) is 0 Å². The van der Waals surface area contributed by atoms with Crippen LogP contribution in [0.25, 0.3) is 10.9 Å². The number of nitrogens with one attached hydrogen (secondary N) is 1. The van der Waals surface area contributed by atoms with Crippen LogP contribution in [0.2, 0.25) is 0 Å². The van der Waals surface area contributed by atoms with Crippen LogP contribution in [-0.2, 0) is 6.54 Å². The molecule has 1 aliphatic heterocycles. The molecule has 1 fully saturated rings. The summed E-state index contributed by atoms with van der Waals surface area (Å²) in [5, 5.41) is 4.69. The van der Waals surface area contributed by atoms with Crippen molar-refractivity contribution in [1.82, 2.24) is 4.98 Å². The van der Waals surface area contributed by atoms with Gasteiger partial charge in [0.15, 0.2) is 0 Å². The van der Waals surface area contributed by atoms with E-state index in [9.17, 15) is 9.11 Å². The van der Waals surface area contributed by atoms with Gasteiger partial charge in [0, 0.05) is 42.3 Å². The Bertz CT molecular complexity index is 1130. The molecule has 5 rings (SSSR count). The Hall–Kier alpha value is -2.32. The third-order valence-electron chi connectivity index (χ3n) is 6.59. The lowest BCUT2D eigenvalue weighted by atomic mass is 9.78. The fourth-order valence-electron chi connectivity index (χ4n) is 4.49. The number of benzene rings is 2. The molecule has 1 aromatic heterocycles. The van der Waals surface area contributed by atoms with E-state index >= 15 is 0 Å². The third kappa shape index (κ3) is 3.99. The highest BCUT2D eigenvalue weighted by molar-refractivity contribution is 8.24. The summed E-state index contributed by atoms with van der Waals surface area (Å²) in [6, 6.07) is 16.0. The molecule has 2 aromatic carbocycles. The quantitative estimate of drug-likeness (QED) is 0.460. The van der Waals surface area contributed by atoms with E-state index in [2.05, 4.69) is 41.4 Å². The minimum Gasteiger partial charge on any atom is -0.383 e. The number of rotatable bonds is 4. The fourth-order valence-corrected chi connectivity index (χ4v) is 6.04. The molecule has 1 saturated carbocycles. The van der Waals surface area contributed by atoms with Crippen LogP contribution in [0, 0.1) is 6.92 Å². The lowest BCUT2D eigenvalue weighted by Crippen LogP contribution is -2.52. The van der Waals surface area contributed by atoms with Crippen molar-refractivity contribution in [2.75, 3.05) is 29.1 Å². The topological polar surface area (TPSA) is 94.6 Å². The second-order valence-corrected chi connectivity index (χ2v) is 11.2. The van der Waals surface area contributed by atoms with E-state index in [0.717, 1.165) is 47.4 Å². The van der Waals surface area contributed by atoms with Crippen molar-refractivity contribution in [3.63, 3.8) is 0 Å². The predicted octanol–water partition coefficient (Wildman–Crippen LogP) is 4.97. The standard InChI is InChI=1S/C24H30N4O2S/c1-17-7-8-20-19(13-17)21(26-16-24(25)9-4-10-24)14-23(27-20)28-11-12-31(29,30)22-6-3-2-5-18(22)15-28/h2-3,5-8,13-14,29-30H,4,9-12,15-16,25H2,1H3,(H,26,27). The molecule has 0 bridgehead atoms. The van der Waals surface area contributed by atoms with Crippen LogP contribution in [0.3, 0.4) is 0 Å². The van der Waals surface area contributed by atoms with Gasteiger partial charge in [0.2, 0.25) is 0 Å². The zero-order chi connectivity index (χ0) is 21.6. The largest absolute Gasteiger partial charge is 0.383 e. The predicted molar refractivity (Wildman–Crippen MR) is 129 cm³/mol. The second kappa shape index (κ2) is 7.67. The summed E-state index contributed by atoms with van der Waals surface area (Å²) in [7, 11) is -2.80.